The monoisotopic (exact) mass is 341 g/mol. The highest BCUT2D eigenvalue weighted by Gasteiger charge is 2.15. The van der Waals surface area contributed by atoms with E-state index in [0.717, 1.165) is 17.2 Å². The smallest absolute Gasteiger partial charge is 0.329 e. The van der Waals surface area contributed by atoms with E-state index in [0.29, 0.717) is 11.3 Å². The third-order valence-electron chi connectivity index (χ3n) is 3.53. The largest absolute Gasteiger partial charge is 0.508 e. The van der Waals surface area contributed by atoms with Gasteiger partial charge in [-0.25, -0.2) is 5.43 Å². The standard InChI is InChI=1S/C18H19N3O4/c1-10-4-7-15(11(2)8-10)19-17(24)18(25)21-20-12(3)14-6-5-13(22)9-16(14)23/h4-9,22-23H,1-3H3,(H,19,24)(H,21,25)/b20-12+. The maximum atomic E-state index is 11.9. The topological polar surface area (TPSA) is 111 Å². The molecule has 0 aromatic heterocycles. The van der Waals surface area contributed by atoms with Gasteiger partial charge in [0.15, 0.2) is 0 Å². The molecular weight excluding hydrogens is 322 g/mol. The number of benzene rings is 2. The second kappa shape index (κ2) is 7.48. The van der Waals surface area contributed by atoms with E-state index in [1.165, 1.54) is 12.1 Å². The molecule has 2 amide bonds. The molecule has 130 valence electrons. The molecule has 2 rings (SSSR count). The summed E-state index contributed by atoms with van der Waals surface area (Å²) in [6.07, 6.45) is 0. The predicted octanol–water partition coefficient (Wildman–Crippen LogP) is 2.19. The summed E-state index contributed by atoms with van der Waals surface area (Å²) in [6.45, 7) is 5.31. The van der Waals surface area contributed by atoms with Crippen LogP contribution < -0.4 is 10.7 Å². The first-order valence-electron chi connectivity index (χ1n) is 7.53. The molecule has 0 saturated carbocycles. The minimum atomic E-state index is -0.933. The van der Waals surface area contributed by atoms with Gasteiger partial charge in [0.2, 0.25) is 0 Å². The Balaban J connectivity index is 2.04. The van der Waals surface area contributed by atoms with E-state index in [1.54, 1.807) is 13.0 Å². The Morgan fingerprint density at radius 3 is 2.36 bits per heavy atom. The van der Waals surface area contributed by atoms with Crippen LogP contribution in [0.2, 0.25) is 0 Å². The van der Waals surface area contributed by atoms with Gasteiger partial charge in [-0.3, -0.25) is 9.59 Å². The van der Waals surface area contributed by atoms with Gasteiger partial charge in [0, 0.05) is 17.3 Å². The molecule has 0 spiro atoms. The van der Waals surface area contributed by atoms with Gasteiger partial charge in [-0.05, 0) is 44.5 Å². The molecule has 0 radical (unpaired) electrons. The summed E-state index contributed by atoms with van der Waals surface area (Å²) in [5.41, 5.74) is 5.18. The number of hydrazone groups is 1. The number of nitrogens with zero attached hydrogens (tertiary/aromatic N) is 1. The fourth-order valence-corrected chi connectivity index (χ4v) is 2.20. The number of rotatable bonds is 3. The van der Waals surface area contributed by atoms with Gasteiger partial charge in [-0.2, -0.15) is 5.10 Å². The lowest BCUT2D eigenvalue weighted by Gasteiger charge is -2.08. The molecule has 0 bridgehead atoms. The molecule has 2 aromatic carbocycles. The third kappa shape index (κ3) is 4.57. The lowest BCUT2D eigenvalue weighted by Crippen LogP contribution is -2.33. The number of phenolic OH excluding ortho intramolecular Hbond substituents is 2. The van der Waals surface area contributed by atoms with Crippen LogP contribution in [0, 0.1) is 13.8 Å². The van der Waals surface area contributed by atoms with Crippen LogP contribution in [-0.4, -0.2) is 27.7 Å². The van der Waals surface area contributed by atoms with Gasteiger partial charge in [0.25, 0.3) is 0 Å². The Labute approximate surface area is 145 Å². The van der Waals surface area contributed by atoms with Crippen LogP contribution >= 0.6 is 0 Å². The maximum Gasteiger partial charge on any atom is 0.329 e. The quantitative estimate of drug-likeness (QED) is 0.389. The second-order valence-corrected chi connectivity index (χ2v) is 5.61. The Morgan fingerprint density at radius 2 is 1.72 bits per heavy atom. The first-order chi connectivity index (χ1) is 11.8. The summed E-state index contributed by atoms with van der Waals surface area (Å²) < 4.78 is 0. The number of hydrogen-bond donors (Lipinski definition) is 4. The highest BCUT2D eigenvalue weighted by atomic mass is 16.3. The summed E-state index contributed by atoms with van der Waals surface area (Å²) in [4.78, 5) is 23.8. The zero-order chi connectivity index (χ0) is 18.6. The summed E-state index contributed by atoms with van der Waals surface area (Å²) in [5.74, 6) is -2.06. The van der Waals surface area contributed by atoms with Crippen molar-refractivity contribution in [2.45, 2.75) is 20.8 Å². The van der Waals surface area contributed by atoms with E-state index in [1.807, 2.05) is 26.0 Å². The van der Waals surface area contributed by atoms with Crippen molar-refractivity contribution in [3.63, 3.8) is 0 Å². The number of carbonyl (C=O) groups is 2. The summed E-state index contributed by atoms with van der Waals surface area (Å²) in [6, 6.07) is 9.43. The van der Waals surface area contributed by atoms with Crippen molar-refractivity contribution in [3.05, 3.63) is 53.1 Å². The Kier molecular flexibility index (Phi) is 5.38. The molecule has 0 atom stereocenters. The van der Waals surface area contributed by atoms with E-state index in [9.17, 15) is 19.8 Å². The van der Waals surface area contributed by atoms with E-state index in [4.69, 9.17) is 0 Å². The number of aromatic hydroxyl groups is 2. The molecule has 0 unspecified atom stereocenters. The first kappa shape index (κ1) is 18.0. The molecule has 7 nitrogen and oxygen atoms in total. The van der Waals surface area contributed by atoms with Crippen LogP contribution in [0.4, 0.5) is 5.69 Å². The first-order valence-corrected chi connectivity index (χ1v) is 7.53. The average Bonchev–Trinajstić information content (AvgIpc) is 2.54. The minimum absolute atomic E-state index is 0.0917. The van der Waals surface area contributed by atoms with Crippen molar-refractivity contribution < 1.29 is 19.8 Å². The Morgan fingerprint density at radius 1 is 1.00 bits per heavy atom. The molecule has 7 heteroatoms. The van der Waals surface area contributed by atoms with Crippen molar-refractivity contribution in [2.75, 3.05) is 5.32 Å². The number of phenols is 2. The van der Waals surface area contributed by atoms with Crippen molar-refractivity contribution in [2.24, 2.45) is 5.10 Å². The van der Waals surface area contributed by atoms with Crippen molar-refractivity contribution in [3.8, 4) is 11.5 Å². The maximum absolute atomic E-state index is 11.9. The molecule has 2 aromatic rings. The number of hydrogen-bond acceptors (Lipinski definition) is 5. The number of amides is 2. The van der Waals surface area contributed by atoms with E-state index in [-0.39, 0.29) is 17.2 Å². The number of nitrogens with one attached hydrogen (secondary N) is 2. The van der Waals surface area contributed by atoms with Crippen LogP contribution in [0.3, 0.4) is 0 Å². The minimum Gasteiger partial charge on any atom is -0.508 e. The fourth-order valence-electron chi connectivity index (χ4n) is 2.20. The lowest BCUT2D eigenvalue weighted by atomic mass is 10.1. The average molecular weight is 341 g/mol. The summed E-state index contributed by atoms with van der Waals surface area (Å²) in [5, 5.41) is 25.3. The summed E-state index contributed by atoms with van der Waals surface area (Å²) in [7, 11) is 0. The predicted molar refractivity (Wildman–Crippen MR) is 94.7 cm³/mol. The highest BCUT2D eigenvalue weighted by molar-refractivity contribution is 6.39. The third-order valence-corrected chi connectivity index (χ3v) is 3.53. The number of carbonyl (C=O) groups excluding carboxylic acids is 2. The van der Waals surface area contributed by atoms with Gasteiger partial charge >= 0.3 is 11.8 Å². The van der Waals surface area contributed by atoms with Gasteiger partial charge in [-0.1, -0.05) is 17.7 Å². The molecule has 0 aliphatic rings. The second-order valence-electron chi connectivity index (χ2n) is 5.61. The van der Waals surface area contributed by atoms with Crippen LogP contribution in [-0.2, 0) is 9.59 Å². The van der Waals surface area contributed by atoms with Crippen LogP contribution in [0.15, 0.2) is 41.5 Å². The van der Waals surface area contributed by atoms with Gasteiger partial charge in [0.05, 0.1) is 5.71 Å². The fraction of sp³-hybridized carbons (Fsp3) is 0.167. The number of aryl methyl sites for hydroxylation is 2. The molecule has 25 heavy (non-hydrogen) atoms. The lowest BCUT2D eigenvalue weighted by molar-refractivity contribution is -0.136. The van der Waals surface area contributed by atoms with Crippen LogP contribution in [0.5, 0.6) is 11.5 Å². The van der Waals surface area contributed by atoms with E-state index in [2.05, 4.69) is 15.8 Å². The van der Waals surface area contributed by atoms with Gasteiger partial charge in [0.1, 0.15) is 11.5 Å². The van der Waals surface area contributed by atoms with Gasteiger partial charge in [-0.15, -0.1) is 0 Å². The van der Waals surface area contributed by atoms with Crippen molar-refractivity contribution in [1.82, 2.24) is 5.43 Å². The molecule has 0 saturated heterocycles. The Hall–Kier alpha value is -3.35. The van der Waals surface area contributed by atoms with E-state index >= 15 is 0 Å². The highest BCUT2D eigenvalue weighted by Crippen LogP contribution is 2.23. The normalized spacial score (nSPS) is 11.1. The Bertz CT molecular complexity index is 859. The molecule has 0 heterocycles. The molecule has 0 aliphatic heterocycles. The SMILES string of the molecule is C/C(=N\NC(=O)C(=O)Nc1ccc(C)cc1C)c1ccc(O)cc1O. The van der Waals surface area contributed by atoms with Crippen LogP contribution in [0.1, 0.15) is 23.6 Å². The van der Waals surface area contributed by atoms with Gasteiger partial charge < -0.3 is 15.5 Å². The zero-order valence-corrected chi connectivity index (χ0v) is 14.1. The molecular formula is C18H19N3O4. The van der Waals surface area contributed by atoms with Crippen molar-refractivity contribution in [1.29, 1.82) is 0 Å². The van der Waals surface area contributed by atoms with E-state index < -0.39 is 11.8 Å². The molecule has 4 N–H and O–H groups in total. The van der Waals surface area contributed by atoms with Crippen LogP contribution in [0.25, 0.3) is 0 Å². The molecule has 0 fully saturated rings. The van der Waals surface area contributed by atoms with Crippen molar-refractivity contribution >= 4 is 23.2 Å². The number of anilines is 1. The zero-order valence-electron chi connectivity index (χ0n) is 14.1. The summed E-state index contributed by atoms with van der Waals surface area (Å²) >= 11 is 0. The molecule has 0 aliphatic carbocycles.